The van der Waals surface area contributed by atoms with Gasteiger partial charge in [-0.15, -0.1) is 0 Å². The van der Waals surface area contributed by atoms with Crippen LogP contribution in [0.5, 0.6) is 0 Å². The molecule has 0 spiro atoms. The van der Waals surface area contributed by atoms with Crippen LogP contribution >= 0.6 is 0 Å². The molecule has 26 heavy (non-hydrogen) atoms. The summed E-state index contributed by atoms with van der Waals surface area (Å²) in [7, 11) is 1.87. The molecular formula is C19H23FN4O2. The molecule has 1 fully saturated rings. The van der Waals surface area contributed by atoms with Gasteiger partial charge in [-0.05, 0) is 42.2 Å². The molecule has 1 aromatic heterocycles. The standard InChI is InChI=1S/C19H23FN4O2/c1-23-17(6-7-22-23)18-12-26-9-8-24(18)19(25)21-11-14-3-2-13-10-15(20)4-5-16(13)14/h4-7,10,14,18H,2-3,8-9,11-12H2,1H3,(H,21,25). The number of nitrogens with zero attached hydrogens (tertiary/aromatic N) is 3. The summed E-state index contributed by atoms with van der Waals surface area (Å²) < 4.78 is 20.7. The SMILES string of the molecule is Cn1nccc1C1COCCN1C(=O)NCC1CCc2cc(F)ccc21. The van der Waals surface area contributed by atoms with E-state index in [0.717, 1.165) is 29.7 Å². The first-order valence-electron chi connectivity index (χ1n) is 9.02. The maximum absolute atomic E-state index is 13.4. The Hall–Kier alpha value is -2.41. The van der Waals surface area contributed by atoms with Gasteiger partial charge in [0.1, 0.15) is 5.82 Å². The molecule has 1 N–H and O–H groups in total. The zero-order valence-electron chi connectivity index (χ0n) is 14.8. The Labute approximate surface area is 151 Å². The number of hydrogen-bond acceptors (Lipinski definition) is 3. The molecule has 2 amide bonds. The van der Waals surface area contributed by atoms with Gasteiger partial charge in [0.05, 0.1) is 24.9 Å². The number of aromatic nitrogens is 2. The molecule has 1 aromatic carbocycles. The maximum Gasteiger partial charge on any atom is 0.318 e. The van der Waals surface area contributed by atoms with E-state index in [1.54, 1.807) is 16.9 Å². The summed E-state index contributed by atoms with van der Waals surface area (Å²) in [4.78, 5) is 14.6. The highest BCUT2D eigenvalue weighted by atomic mass is 19.1. The monoisotopic (exact) mass is 358 g/mol. The Kier molecular flexibility index (Phi) is 4.63. The van der Waals surface area contributed by atoms with Crippen molar-refractivity contribution in [1.82, 2.24) is 20.0 Å². The highest BCUT2D eigenvalue weighted by Crippen LogP contribution is 2.33. The van der Waals surface area contributed by atoms with E-state index < -0.39 is 0 Å². The van der Waals surface area contributed by atoms with Crippen molar-refractivity contribution in [3.05, 3.63) is 53.1 Å². The summed E-state index contributed by atoms with van der Waals surface area (Å²) in [5.74, 6) is 0.0477. The van der Waals surface area contributed by atoms with Crippen LogP contribution in [0.4, 0.5) is 9.18 Å². The first-order chi connectivity index (χ1) is 12.6. The van der Waals surface area contributed by atoms with Gasteiger partial charge in [-0.25, -0.2) is 9.18 Å². The van der Waals surface area contributed by atoms with Crippen LogP contribution in [0.2, 0.25) is 0 Å². The first kappa shape index (κ1) is 17.0. The van der Waals surface area contributed by atoms with E-state index in [1.165, 1.54) is 6.07 Å². The number of urea groups is 1. The van der Waals surface area contributed by atoms with Crippen LogP contribution in [0.3, 0.4) is 0 Å². The molecule has 0 bridgehead atoms. The fraction of sp³-hybridized carbons (Fsp3) is 0.474. The molecule has 7 heteroatoms. The average molecular weight is 358 g/mol. The van der Waals surface area contributed by atoms with Crippen molar-refractivity contribution in [2.45, 2.75) is 24.8 Å². The number of carbonyl (C=O) groups is 1. The van der Waals surface area contributed by atoms with Gasteiger partial charge >= 0.3 is 6.03 Å². The molecule has 6 nitrogen and oxygen atoms in total. The van der Waals surface area contributed by atoms with Gasteiger partial charge in [-0.3, -0.25) is 4.68 Å². The molecule has 138 valence electrons. The molecule has 4 rings (SSSR count). The van der Waals surface area contributed by atoms with Gasteiger partial charge in [0, 0.05) is 32.3 Å². The fourth-order valence-corrected chi connectivity index (χ4v) is 4.00. The molecule has 0 saturated carbocycles. The van der Waals surface area contributed by atoms with E-state index in [4.69, 9.17) is 4.74 Å². The number of halogens is 1. The zero-order valence-corrected chi connectivity index (χ0v) is 14.8. The van der Waals surface area contributed by atoms with Crippen molar-refractivity contribution >= 4 is 6.03 Å². The lowest BCUT2D eigenvalue weighted by atomic mass is 10.0. The van der Waals surface area contributed by atoms with Crippen molar-refractivity contribution in [2.24, 2.45) is 7.05 Å². The van der Waals surface area contributed by atoms with Gasteiger partial charge in [0.15, 0.2) is 0 Å². The number of carbonyl (C=O) groups excluding carboxylic acids is 1. The summed E-state index contributed by atoms with van der Waals surface area (Å²) in [6, 6.07) is 6.65. The van der Waals surface area contributed by atoms with Gasteiger partial charge in [0.25, 0.3) is 0 Å². The molecular weight excluding hydrogens is 335 g/mol. The molecule has 2 atom stereocenters. The highest BCUT2D eigenvalue weighted by Gasteiger charge is 2.31. The summed E-state index contributed by atoms with van der Waals surface area (Å²) >= 11 is 0. The van der Waals surface area contributed by atoms with E-state index in [2.05, 4.69) is 10.4 Å². The number of nitrogens with one attached hydrogen (secondary N) is 1. The van der Waals surface area contributed by atoms with E-state index >= 15 is 0 Å². The van der Waals surface area contributed by atoms with Crippen molar-refractivity contribution < 1.29 is 13.9 Å². The van der Waals surface area contributed by atoms with Crippen LogP contribution in [0, 0.1) is 5.82 Å². The topological polar surface area (TPSA) is 59.4 Å². The van der Waals surface area contributed by atoms with Crippen molar-refractivity contribution in [1.29, 1.82) is 0 Å². The third-order valence-electron chi connectivity index (χ3n) is 5.40. The number of morpholine rings is 1. The first-order valence-corrected chi connectivity index (χ1v) is 9.02. The quantitative estimate of drug-likeness (QED) is 0.916. The smallest absolute Gasteiger partial charge is 0.318 e. The number of hydrogen-bond donors (Lipinski definition) is 1. The molecule has 2 unspecified atom stereocenters. The van der Waals surface area contributed by atoms with Crippen LogP contribution in [0.1, 0.15) is 35.2 Å². The van der Waals surface area contributed by atoms with Crippen molar-refractivity contribution in [3.63, 3.8) is 0 Å². The third kappa shape index (κ3) is 3.19. The minimum Gasteiger partial charge on any atom is -0.377 e. The predicted molar refractivity (Wildman–Crippen MR) is 94.3 cm³/mol. The third-order valence-corrected chi connectivity index (χ3v) is 5.40. The van der Waals surface area contributed by atoms with Gasteiger partial charge in [-0.1, -0.05) is 6.07 Å². The fourth-order valence-electron chi connectivity index (χ4n) is 4.00. The number of ether oxygens (including phenoxy) is 1. The molecule has 1 aliphatic carbocycles. The van der Waals surface area contributed by atoms with Gasteiger partial charge in [-0.2, -0.15) is 5.10 Å². The van der Waals surface area contributed by atoms with E-state index in [0.29, 0.717) is 26.3 Å². The predicted octanol–water partition coefficient (Wildman–Crippen LogP) is 2.37. The van der Waals surface area contributed by atoms with E-state index in [-0.39, 0.29) is 23.8 Å². The lowest BCUT2D eigenvalue weighted by Gasteiger charge is -2.35. The Bertz CT molecular complexity index is 807. The molecule has 1 saturated heterocycles. The average Bonchev–Trinajstić information content (AvgIpc) is 3.25. The molecule has 1 aliphatic heterocycles. The normalized spacial score (nSPS) is 22.3. The molecule has 2 heterocycles. The minimum atomic E-state index is -0.194. The van der Waals surface area contributed by atoms with Crippen LogP contribution < -0.4 is 5.32 Å². The number of benzene rings is 1. The number of rotatable bonds is 3. The number of fused-ring (bicyclic) bond motifs is 1. The summed E-state index contributed by atoms with van der Waals surface area (Å²) in [5.41, 5.74) is 3.17. The van der Waals surface area contributed by atoms with E-state index in [9.17, 15) is 9.18 Å². The highest BCUT2D eigenvalue weighted by molar-refractivity contribution is 5.75. The molecule has 2 aromatic rings. The van der Waals surface area contributed by atoms with Crippen LogP contribution in [-0.2, 0) is 18.2 Å². The second kappa shape index (κ2) is 7.07. The maximum atomic E-state index is 13.4. The Balaban J connectivity index is 1.42. The van der Waals surface area contributed by atoms with Crippen LogP contribution in [0.25, 0.3) is 0 Å². The van der Waals surface area contributed by atoms with Gasteiger partial charge < -0.3 is 15.0 Å². The summed E-state index contributed by atoms with van der Waals surface area (Å²) in [6.45, 7) is 2.12. The molecule has 0 radical (unpaired) electrons. The summed E-state index contributed by atoms with van der Waals surface area (Å²) in [6.07, 6.45) is 3.53. The van der Waals surface area contributed by atoms with Gasteiger partial charge in [0.2, 0.25) is 0 Å². The lowest BCUT2D eigenvalue weighted by molar-refractivity contribution is 0.00890. The Morgan fingerprint density at radius 1 is 1.42 bits per heavy atom. The number of aryl methyl sites for hydroxylation is 2. The second-order valence-electron chi connectivity index (χ2n) is 6.93. The summed E-state index contributed by atoms with van der Waals surface area (Å²) in [5, 5.41) is 7.27. The van der Waals surface area contributed by atoms with Crippen molar-refractivity contribution in [2.75, 3.05) is 26.3 Å². The van der Waals surface area contributed by atoms with Crippen LogP contribution in [-0.4, -0.2) is 47.0 Å². The Morgan fingerprint density at radius 3 is 3.12 bits per heavy atom. The van der Waals surface area contributed by atoms with Crippen LogP contribution in [0.15, 0.2) is 30.5 Å². The zero-order chi connectivity index (χ0) is 18.1. The van der Waals surface area contributed by atoms with E-state index in [1.807, 2.05) is 24.1 Å². The lowest BCUT2D eigenvalue weighted by Crippen LogP contribution is -2.49. The molecule has 2 aliphatic rings. The van der Waals surface area contributed by atoms with Crippen molar-refractivity contribution in [3.8, 4) is 0 Å². The number of amides is 2. The Morgan fingerprint density at radius 2 is 2.31 bits per heavy atom. The minimum absolute atomic E-state index is 0.0879. The second-order valence-corrected chi connectivity index (χ2v) is 6.93. The largest absolute Gasteiger partial charge is 0.377 e.